The summed E-state index contributed by atoms with van der Waals surface area (Å²) in [4.78, 5) is 2.66. The maximum Gasteiger partial charge on any atom is 0.0372 e. The van der Waals surface area contributed by atoms with Gasteiger partial charge >= 0.3 is 0 Å². The zero-order valence-electron chi connectivity index (χ0n) is 24.0. The number of rotatable bonds is 5. The summed E-state index contributed by atoms with van der Waals surface area (Å²) in [6, 6.07) is 19.8. The lowest BCUT2D eigenvalue weighted by molar-refractivity contribution is 0.0195. The van der Waals surface area contributed by atoms with Gasteiger partial charge in [-0.2, -0.15) is 0 Å². The summed E-state index contributed by atoms with van der Waals surface area (Å²) in [5, 5.41) is 3.11. The predicted octanol–water partition coefficient (Wildman–Crippen LogP) is 9.39. The molecule has 0 spiro atoms. The third kappa shape index (κ3) is 3.95. The third-order valence-corrected chi connectivity index (χ3v) is 16.8. The molecule has 0 amide bonds. The Morgan fingerprint density at radius 1 is 0.564 bits per heavy atom. The molecule has 8 bridgehead atoms. The number of anilines is 1. The smallest absolute Gasteiger partial charge is 0.0372 e. The number of piperidine rings is 1. The van der Waals surface area contributed by atoms with Crippen LogP contribution in [0.5, 0.6) is 0 Å². The molecule has 2 aromatic carbocycles. The summed E-state index contributed by atoms with van der Waals surface area (Å²) < 4.78 is 0. The fourth-order valence-corrected chi connectivity index (χ4v) is 18.0. The van der Waals surface area contributed by atoms with E-state index in [4.69, 9.17) is 0 Å². The summed E-state index contributed by atoms with van der Waals surface area (Å²) in [6.07, 6.45) is 23.0. The highest BCUT2D eigenvalue weighted by molar-refractivity contribution is 7.69. The van der Waals surface area contributed by atoms with Crippen molar-refractivity contribution < 1.29 is 0 Å². The second-order valence-corrected chi connectivity index (χ2v) is 18.8. The Balaban J connectivity index is 1.19. The van der Waals surface area contributed by atoms with E-state index in [0.29, 0.717) is 10.3 Å². The molecule has 2 aromatic rings. The van der Waals surface area contributed by atoms with Crippen molar-refractivity contribution in [3.05, 3.63) is 48.5 Å². The zero-order chi connectivity index (χ0) is 25.6. The Morgan fingerprint density at radius 2 is 1.08 bits per heavy atom. The Hall–Kier alpha value is -1.33. The van der Waals surface area contributed by atoms with E-state index in [9.17, 15) is 0 Å². The second kappa shape index (κ2) is 9.08. The van der Waals surface area contributed by atoms with E-state index in [1.807, 2.05) is 5.30 Å². The monoisotopic (exact) mass is 537 g/mol. The number of nitrogens with zero attached hydrogens (tertiary/aromatic N) is 1. The van der Waals surface area contributed by atoms with Crippen LogP contribution < -0.4 is 10.2 Å². The molecule has 0 unspecified atom stereocenters. The first-order valence-electron chi connectivity index (χ1n) is 16.9. The maximum atomic E-state index is 2.67. The Kier molecular flexibility index (Phi) is 5.66. The average Bonchev–Trinajstić information content (AvgIpc) is 2.92. The van der Waals surface area contributed by atoms with Gasteiger partial charge in [0.1, 0.15) is 0 Å². The first-order valence-corrected chi connectivity index (χ1v) is 18.2. The molecule has 206 valence electrons. The summed E-state index contributed by atoms with van der Waals surface area (Å²) in [6.45, 7) is 2.47. The molecule has 1 saturated heterocycles. The van der Waals surface area contributed by atoms with Crippen LogP contribution in [0.4, 0.5) is 5.69 Å². The van der Waals surface area contributed by atoms with E-state index in [2.05, 4.69) is 53.4 Å². The van der Waals surface area contributed by atoms with Gasteiger partial charge < -0.3 is 4.90 Å². The number of hydrogen-bond donors (Lipinski definition) is 0. The first kappa shape index (κ1) is 24.3. The molecular formula is C37H48NP. The van der Waals surface area contributed by atoms with Crippen molar-refractivity contribution in [2.45, 2.75) is 107 Å². The first-order chi connectivity index (χ1) is 19.1. The van der Waals surface area contributed by atoms with Crippen LogP contribution in [0, 0.1) is 35.5 Å². The third-order valence-electron chi connectivity index (χ3n) is 13.0. The SMILES string of the molecule is c1cc(-c2ccccc2P(C23CC4CC(CC(C4)C2)C3)C23CC4CC(CC(C4)C2)C3)cc(N2CCCCC2)c1. The number of benzene rings is 2. The van der Waals surface area contributed by atoms with Gasteiger partial charge in [-0.05, 0) is 171 Å². The van der Waals surface area contributed by atoms with Crippen LogP contribution in [0.3, 0.4) is 0 Å². The molecule has 0 atom stereocenters. The highest BCUT2D eigenvalue weighted by atomic mass is 31.1. The quantitative estimate of drug-likeness (QED) is 0.343. The van der Waals surface area contributed by atoms with Crippen LogP contribution in [0.1, 0.15) is 96.3 Å². The Morgan fingerprint density at radius 3 is 1.62 bits per heavy atom. The molecule has 1 aliphatic heterocycles. The fraction of sp³-hybridized carbons (Fsp3) is 0.676. The van der Waals surface area contributed by atoms with E-state index in [-0.39, 0.29) is 7.92 Å². The van der Waals surface area contributed by atoms with Crippen LogP contribution in [0.15, 0.2) is 48.5 Å². The Bertz CT molecular complexity index is 1120. The van der Waals surface area contributed by atoms with Crippen molar-refractivity contribution in [3.8, 4) is 11.1 Å². The van der Waals surface area contributed by atoms with Gasteiger partial charge in [-0.15, -0.1) is 0 Å². The van der Waals surface area contributed by atoms with Crippen LogP contribution in [0.25, 0.3) is 11.1 Å². The van der Waals surface area contributed by atoms with E-state index in [0.717, 1.165) is 35.5 Å². The van der Waals surface area contributed by atoms with Crippen LogP contribution in [-0.2, 0) is 0 Å². The highest BCUT2D eigenvalue weighted by Gasteiger charge is 2.63. The van der Waals surface area contributed by atoms with Gasteiger partial charge in [0.15, 0.2) is 0 Å². The minimum Gasteiger partial charge on any atom is -0.372 e. The predicted molar refractivity (Wildman–Crippen MR) is 166 cm³/mol. The van der Waals surface area contributed by atoms with Gasteiger partial charge in [-0.25, -0.2) is 0 Å². The van der Waals surface area contributed by atoms with Crippen molar-refractivity contribution in [3.63, 3.8) is 0 Å². The molecule has 0 radical (unpaired) electrons. The molecule has 2 heteroatoms. The molecule has 1 heterocycles. The Labute approximate surface area is 238 Å². The van der Waals surface area contributed by atoms with E-state index >= 15 is 0 Å². The van der Waals surface area contributed by atoms with Crippen LogP contribution >= 0.6 is 7.92 Å². The lowest BCUT2D eigenvalue weighted by Crippen LogP contribution is -2.58. The van der Waals surface area contributed by atoms with Crippen molar-refractivity contribution in [2.24, 2.45) is 35.5 Å². The van der Waals surface area contributed by atoms with Crippen LogP contribution in [0.2, 0.25) is 0 Å². The van der Waals surface area contributed by atoms with E-state index in [1.54, 1.807) is 82.6 Å². The zero-order valence-corrected chi connectivity index (χ0v) is 24.9. The minimum atomic E-state index is -0.186. The molecule has 9 aliphatic rings. The number of hydrogen-bond acceptors (Lipinski definition) is 1. The molecule has 11 rings (SSSR count). The van der Waals surface area contributed by atoms with Gasteiger partial charge in [-0.1, -0.05) is 44.3 Å². The summed E-state index contributed by atoms with van der Waals surface area (Å²) in [7, 11) is -0.186. The molecule has 1 nitrogen and oxygen atoms in total. The molecule has 8 saturated carbocycles. The molecule has 0 N–H and O–H groups in total. The lowest BCUT2D eigenvalue weighted by Gasteiger charge is -2.67. The van der Waals surface area contributed by atoms with Crippen molar-refractivity contribution >= 4 is 18.9 Å². The normalized spacial score (nSPS) is 42.7. The van der Waals surface area contributed by atoms with Gasteiger partial charge in [-0.3, -0.25) is 0 Å². The fourth-order valence-electron chi connectivity index (χ4n) is 12.6. The molecule has 0 aromatic heterocycles. The largest absolute Gasteiger partial charge is 0.372 e. The molecule has 9 fully saturated rings. The molecule has 39 heavy (non-hydrogen) atoms. The minimum absolute atomic E-state index is 0.186. The van der Waals surface area contributed by atoms with Gasteiger partial charge in [0, 0.05) is 18.8 Å². The van der Waals surface area contributed by atoms with Crippen LogP contribution in [-0.4, -0.2) is 23.4 Å². The highest BCUT2D eigenvalue weighted by Crippen LogP contribution is 2.78. The maximum absolute atomic E-state index is 2.67. The van der Waals surface area contributed by atoms with Gasteiger partial charge in [0.05, 0.1) is 0 Å². The summed E-state index contributed by atoms with van der Waals surface area (Å²) >= 11 is 0. The van der Waals surface area contributed by atoms with Crippen molar-refractivity contribution in [1.82, 2.24) is 0 Å². The lowest BCUT2D eigenvalue weighted by atomic mass is 9.55. The molecule has 8 aliphatic carbocycles. The van der Waals surface area contributed by atoms with Gasteiger partial charge in [0.2, 0.25) is 0 Å². The standard InChI is InChI=1S/C37H48NP/c1-4-11-38(12-5-1)33-8-6-7-32(19-33)34-9-2-3-10-35(34)39(36-20-26-13-27(21-36)15-28(14-26)22-36)37-23-29-16-30(24-37)18-31(17-29)25-37/h2-3,6-10,19,26-31H,1,4-5,11-18,20-25H2. The molecular weight excluding hydrogens is 489 g/mol. The van der Waals surface area contributed by atoms with E-state index in [1.165, 1.54) is 43.6 Å². The average molecular weight is 538 g/mol. The summed E-state index contributed by atoms with van der Waals surface area (Å²) in [5.41, 5.74) is 4.60. The van der Waals surface area contributed by atoms with Crippen molar-refractivity contribution in [1.29, 1.82) is 0 Å². The summed E-state index contributed by atoms with van der Waals surface area (Å²) in [5.74, 6) is 6.28. The van der Waals surface area contributed by atoms with Crippen molar-refractivity contribution in [2.75, 3.05) is 18.0 Å². The topological polar surface area (TPSA) is 3.24 Å². The van der Waals surface area contributed by atoms with E-state index < -0.39 is 0 Å². The van der Waals surface area contributed by atoms with Gasteiger partial charge in [0.25, 0.3) is 0 Å². The second-order valence-electron chi connectivity index (χ2n) is 15.7.